The largest absolute Gasteiger partial charge is 0.573 e. The second-order valence-electron chi connectivity index (χ2n) is 3.87. The molecule has 1 aromatic carbocycles. The van der Waals surface area contributed by atoms with Crippen LogP contribution in [-0.2, 0) is 0 Å². The topological polar surface area (TPSA) is 55.5 Å². The van der Waals surface area contributed by atoms with Crippen LogP contribution in [0.4, 0.5) is 35.1 Å². The number of hydrogen-bond acceptors (Lipinski definition) is 3. The molecule has 0 aliphatic heterocycles. The minimum Gasteiger partial charge on any atom is -0.508 e. The van der Waals surface area contributed by atoms with E-state index in [1.54, 1.807) is 0 Å². The second kappa shape index (κ2) is 5.20. The normalized spacial score (nSPS) is 14.9. The summed E-state index contributed by atoms with van der Waals surface area (Å²) in [5, 5.41) is 9.22. The van der Waals surface area contributed by atoms with Crippen LogP contribution in [0.3, 0.4) is 0 Å². The highest BCUT2D eigenvalue weighted by molar-refractivity contribution is 5.42. The summed E-state index contributed by atoms with van der Waals surface area (Å²) in [5.41, 5.74) is 3.49. The molecule has 0 aliphatic rings. The van der Waals surface area contributed by atoms with Crippen molar-refractivity contribution in [3.05, 3.63) is 23.8 Å². The molecule has 21 heavy (non-hydrogen) atoms. The highest BCUT2D eigenvalue weighted by atomic mass is 19.4. The van der Waals surface area contributed by atoms with Gasteiger partial charge >= 0.3 is 18.5 Å². The minimum atomic E-state index is -6.04. The number of phenolic OH excluding ortho intramolecular Hbond substituents is 1. The van der Waals surface area contributed by atoms with Crippen molar-refractivity contribution in [1.29, 1.82) is 0 Å². The van der Waals surface area contributed by atoms with Gasteiger partial charge in [0.1, 0.15) is 17.5 Å². The van der Waals surface area contributed by atoms with Crippen molar-refractivity contribution in [3.8, 4) is 11.5 Å². The van der Waals surface area contributed by atoms with E-state index in [0.29, 0.717) is 12.1 Å². The first-order valence-electron chi connectivity index (χ1n) is 5.04. The van der Waals surface area contributed by atoms with Crippen molar-refractivity contribution in [2.75, 3.05) is 0 Å². The summed E-state index contributed by atoms with van der Waals surface area (Å²) in [4.78, 5) is 0. The molecule has 0 aromatic heterocycles. The van der Waals surface area contributed by atoms with Gasteiger partial charge in [0.15, 0.2) is 0 Å². The molecule has 3 nitrogen and oxygen atoms in total. The van der Waals surface area contributed by atoms with Crippen molar-refractivity contribution in [1.82, 2.24) is 0 Å². The predicted octanol–water partition coefficient (Wildman–Crippen LogP) is 3.49. The molecule has 11 heteroatoms. The number of halogens is 8. The van der Waals surface area contributed by atoms with Crippen molar-refractivity contribution in [2.24, 2.45) is 5.73 Å². The van der Waals surface area contributed by atoms with Crippen LogP contribution in [0.15, 0.2) is 18.2 Å². The first-order valence-corrected chi connectivity index (χ1v) is 5.04. The quantitative estimate of drug-likeness (QED) is 0.837. The van der Waals surface area contributed by atoms with Gasteiger partial charge in [0, 0.05) is 5.56 Å². The van der Waals surface area contributed by atoms with Gasteiger partial charge in [-0.1, -0.05) is 0 Å². The third-order valence-corrected chi connectivity index (χ3v) is 2.34. The smallest absolute Gasteiger partial charge is 0.508 e. The maximum absolute atomic E-state index is 13.0. The molecule has 1 atom stereocenters. The van der Waals surface area contributed by atoms with E-state index in [9.17, 15) is 40.2 Å². The maximum atomic E-state index is 13.0. The van der Waals surface area contributed by atoms with E-state index in [2.05, 4.69) is 4.74 Å². The van der Waals surface area contributed by atoms with Gasteiger partial charge in [-0.3, -0.25) is 0 Å². The Hall–Kier alpha value is -1.78. The first-order chi connectivity index (χ1) is 9.25. The Labute approximate surface area is 111 Å². The molecular formula is C10H7F8NO2. The number of nitrogens with two attached hydrogens (primary N) is 1. The lowest BCUT2D eigenvalue weighted by Crippen LogP contribution is -2.45. The summed E-state index contributed by atoms with van der Waals surface area (Å²) >= 11 is 0. The summed E-state index contributed by atoms with van der Waals surface area (Å²) in [5.74, 6) is -7.67. The van der Waals surface area contributed by atoms with E-state index < -0.39 is 41.6 Å². The third-order valence-electron chi connectivity index (χ3n) is 2.34. The molecule has 1 rings (SSSR count). The van der Waals surface area contributed by atoms with Gasteiger partial charge in [-0.05, 0) is 18.2 Å². The van der Waals surface area contributed by atoms with Gasteiger partial charge in [0.2, 0.25) is 0 Å². The van der Waals surface area contributed by atoms with E-state index in [1.807, 2.05) is 0 Å². The molecule has 0 fully saturated rings. The highest BCUT2D eigenvalue weighted by Gasteiger charge is 2.62. The summed E-state index contributed by atoms with van der Waals surface area (Å²) in [6.07, 6.45) is -11.2. The van der Waals surface area contributed by atoms with E-state index in [-0.39, 0.29) is 6.07 Å². The lowest BCUT2D eigenvalue weighted by atomic mass is 9.99. The van der Waals surface area contributed by atoms with Crippen molar-refractivity contribution in [3.63, 3.8) is 0 Å². The number of benzene rings is 1. The Bertz CT molecular complexity index is 511. The molecule has 1 aromatic rings. The lowest BCUT2D eigenvalue weighted by molar-refractivity contribution is -0.291. The lowest BCUT2D eigenvalue weighted by Gasteiger charge is -2.26. The van der Waals surface area contributed by atoms with E-state index >= 15 is 0 Å². The molecule has 0 radical (unpaired) electrons. The van der Waals surface area contributed by atoms with Crippen LogP contribution in [0.25, 0.3) is 0 Å². The average molecular weight is 325 g/mol. The fourth-order valence-electron chi connectivity index (χ4n) is 1.35. The second-order valence-corrected chi connectivity index (χ2v) is 3.87. The van der Waals surface area contributed by atoms with Crippen LogP contribution in [-0.4, -0.2) is 23.6 Å². The number of hydrogen-bond donors (Lipinski definition) is 2. The average Bonchev–Trinajstić information content (AvgIpc) is 2.27. The third kappa shape index (κ3) is 3.86. The molecule has 3 N–H and O–H groups in total. The Morgan fingerprint density at radius 2 is 1.52 bits per heavy atom. The molecule has 0 aliphatic carbocycles. The number of aromatic hydroxyl groups is 1. The van der Waals surface area contributed by atoms with Crippen molar-refractivity contribution in [2.45, 2.75) is 24.5 Å². The SMILES string of the molecule is N[C@@H](c1cc(OC(F)(F)F)ccc1O)C(F)(F)C(F)(F)F. The number of rotatable bonds is 3. The van der Waals surface area contributed by atoms with Gasteiger partial charge in [-0.25, -0.2) is 0 Å². The Kier molecular flexibility index (Phi) is 4.28. The molecule has 0 spiro atoms. The molecule has 0 bridgehead atoms. The van der Waals surface area contributed by atoms with Crippen LogP contribution in [0, 0.1) is 0 Å². The van der Waals surface area contributed by atoms with Gasteiger partial charge in [-0.2, -0.15) is 22.0 Å². The molecule has 120 valence electrons. The van der Waals surface area contributed by atoms with E-state index in [0.717, 1.165) is 0 Å². The van der Waals surface area contributed by atoms with Crippen molar-refractivity contribution >= 4 is 0 Å². The Balaban J connectivity index is 3.21. The molecule has 0 unspecified atom stereocenters. The Morgan fingerprint density at radius 1 is 1.00 bits per heavy atom. The van der Waals surface area contributed by atoms with E-state index in [1.165, 1.54) is 0 Å². The molecule has 0 heterocycles. The van der Waals surface area contributed by atoms with Crippen LogP contribution in [0.1, 0.15) is 11.6 Å². The zero-order valence-electron chi connectivity index (χ0n) is 9.77. The summed E-state index contributed by atoms with van der Waals surface area (Å²) in [6.45, 7) is 0. The molecule has 0 saturated heterocycles. The van der Waals surface area contributed by atoms with Gasteiger partial charge in [0.25, 0.3) is 0 Å². The fraction of sp³-hybridized carbons (Fsp3) is 0.400. The summed E-state index contributed by atoms with van der Waals surface area (Å²) in [6, 6.07) is -1.95. The van der Waals surface area contributed by atoms with Crippen LogP contribution < -0.4 is 10.5 Å². The fourth-order valence-corrected chi connectivity index (χ4v) is 1.35. The summed E-state index contributed by atoms with van der Waals surface area (Å²) in [7, 11) is 0. The van der Waals surface area contributed by atoms with E-state index in [4.69, 9.17) is 5.73 Å². The van der Waals surface area contributed by atoms with Crippen LogP contribution in [0.2, 0.25) is 0 Å². The predicted molar refractivity (Wildman–Crippen MR) is 52.7 cm³/mol. The molecule has 0 saturated carbocycles. The molecule has 0 amide bonds. The number of phenols is 1. The highest BCUT2D eigenvalue weighted by Crippen LogP contribution is 2.45. The molecular weight excluding hydrogens is 318 g/mol. The standard InChI is InChI=1S/C10H7F8NO2/c11-8(12,9(13,14)15)7(19)5-3-4(1-2-6(5)20)21-10(16,17)18/h1-3,7,20H,19H2/t7-/m0/s1. The summed E-state index contributed by atoms with van der Waals surface area (Å²) < 4.78 is 102. The van der Waals surface area contributed by atoms with Crippen molar-refractivity contribution < 1.29 is 45.0 Å². The maximum Gasteiger partial charge on any atom is 0.573 e. The van der Waals surface area contributed by atoms with Gasteiger partial charge in [0.05, 0.1) is 0 Å². The first kappa shape index (κ1) is 17.3. The van der Waals surface area contributed by atoms with Gasteiger partial charge in [-0.15, -0.1) is 13.2 Å². The van der Waals surface area contributed by atoms with Gasteiger partial charge < -0.3 is 15.6 Å². The number of ether oxygens (including phenoxy) is 1. The zero-order chi connectivity index (χ0) is 16.6. The monoisotopic (exact) mass is 325 g/mol. The Morgan fingerprint density at radius 3 is 1.95 bits per heavy atom. The van der Waals surface area contributed by atoms with Crippen LogP contribution >= 0.6 is 0 Å². The number of alkyl halides is 8. The zero-order valence-corrected chi connectivity index (χ0v) is 9.77. The minimum absolute atomic E-state index is 0.160. The van der Waals surface area contributed by atoms with Crippen LogP contribution in [0.5, 0.6) is 11.5 Å².